The van der Waals surface area contributed by atoms with Gasteiger partial charge in [-0.2, -0.15) is 0 Å². The predicted octanol–water partition coefficient (Wildman–Crippen LogP) is 2.30. The number of benzene rings is 1. The molecule has 0 saturated carbocycles. The number of halogens is 1. The summed E-state index contributed by atoms with van der Waals surface area (Å²) in [5.41, 5.74) is 5.40. The second-order valence-corrected chi connectivity index (χ2v) is 5.76. The van der Waals surface area contributed by atoms with Gasteiger partial charge in [0.05, 0.1) is 5.92 Å². The van der Waals surface area contributed by atoms with Crippen LogP contribution in [-0.4, -0.2) is 36.5 Å². The number of rotatable bonds is 5. The third-order valence-corrected chi connectivity index (χ3v) is 4.13. The standard InChI is InChI=1S/C15H21ClN2O2/c1-11-2-3-12(15(17)19)10-18(11)8-9-20-14-6-4-13(16)5-7-14/h4-7,11-12H,2-3,8-10H2,1H3,(H2,17,19). The molecule has 1 aromatic rings. The van der Waals surface area contributed by atoms with E-state index in [0.717, 1.165) is 31.7 Å². The van der Waals surface area contributed by atoms with Gasteiger partial charge in [0.15, 0.2) is 0 Å². The lowest BCUT2D eigenvalue weighted by Crippen LogP contribution is -2.47. The number of carbonyl (C=O) groups is 1. The van der Waals surface area contributed by atoms with Crippen LogP contribution in [0.5, 0.6) is 5.75 Å². The fraction of sp³-hybridized carbons (Fsp3) is 0.533. The smallest absolute Gasteiger partial charge is 0.221 e. The molecule has 1 aliphatic heterocycles. The van der Waals surface area contributed by atoms with Gasteiger partial charge in [0.1, 0.15) is 12.4 Å². The Morgan fingerprint density at radius 1 is 1.40 bits per heavy atom. The van der Waals surface area contributed by atoms with E-state index in [-0.39, 0.29) is 11.8 Å². The third kappa shape index (κ3) is 4.12. The van der Waals surface area contributed by atoms with E-state index in [0.29, 0.717) is 17.7 Å². The number of nitrogens with two attached hydrogens (primary N) is 1. The second-order valence-electron chi connectivity index (χ2n) is 5.32. The molecule has 0 aliphatic carbocycles. The Bertz CT molecular complexity index is 450. The van der Waals surface area contributed by atoms with Crippen LogP contribution < -0.4 is 10.5 Å². The number of carbonyl (C=O) groups excluding carboxylic acids is 1. The van der Waals surface area contributed by atoms with E-state index in [1.165, 1.54) is 0 Å². The van der Waals surface area contributed by atoms with Crippen LogP contribution in [0.4, 0.5) is 0 Å². The Labute approximate surface area is 124 Å². The predicted molar refractivity (Wildman–Crippen MR) is 79.9 cm³/mol. The molecular weight excluding hydrogens is 276 g/mol. The number of piperidine rings is 1. The molecule has 5 heteroatoms. The SMILES string of the molecule is CC1CCC(C(N)=O)CN1CCOc1ccc(Cl)cc1. The van der Waals surface area contributed by atoms with Gasteiger partial charge < -0.3 is 10.5 Å². The molecular formula is C15H21ClN2O2. The molecule has 2 unspecified atom stereocenters. The van der Waals surface area contributed by atoms with Gasteiger partial charge in [-0.15, -0.1) is 0 Å². The third-order valence-electron chi connectivity index (χ3n) is 3.87. The van der Waals surface area contributed by atoms with Crippen LogP contribution in [0.1, 0.15) is 19.8 Å². The highest BCUT2D eigenvalue weighted by molar-refractivity contribution is 6.30. The largest absolute Gasteiger partial charge is 0.492 e. The van der Waals surface area contributed by atoms with Crippen molar-refractivity contribution in [1.29, 1.82) is 0 Å². The summed E-state index contributed by atoms with van der Waals surface area (Å²) in [4.78, 5) is 13.6. The Morgan fingerprint density at radius 3 is 2.75 bits per heavy atom. The van der Waals surface area contributed by atoms with Crippen molar-refractivity contribution >= 4 is 17.5 Å². The molecule has 1 saturated heterocycles. The zero-order valence-electron chi connectivity index (χ0n) is 11.7. The van der Waals surface area contributed by atoms with E-state index in [1.807, 2.05) is 24.3 Å². The summed E-state index contributed by atoms with van der Waals surface area (Å²) in [6, 6.07) is 7.80. The van der Waals surface area contributed by atoms with Gasteiger partial charge in [-0.1, -0.05) is 11.6 Å². The first-order valence-corrected chi connectivity index (χ1v) is 7.36. The fourth-order valence-corrected chi connectivity index (χ4v) is 2.66. The Morgan fingerprint density at radius 2 is 2.10 bits per heavy atom. The van der Waals surface area contributed by atoms with Crippen molar-refractivity contribution in [2.24, 2.45) is 11.7 Å². The zero-order valence-corrected chi connectivity index (χ0v) is 12.5. The van der Waals surface area contributed by atoms with Crippen LogP contribution in [-0.2, 0) is 4.79 Å². The molecule has 2 atom stereocenters. The van der Waals surface area contributed by atoms with Crippen LogP contribution in [0, 0.1) is 5.92 Å². The molecule has 0 aromatic heterocycles. The summed E-state index contributed by atoms with van der Waals surface area (Å²) >= 11 is 5.82. The summed E-state index contributed by atoms with van der Waals surface area (Å²) in [5.74, 6) is 0.591. The first-order chi connectivity index (χ1) is 9.56. The molecule has 1 aromatic carbocycles. The maximum absolute atomic E-state index is 11.3. The number of nitrogens with zero attached hydrogens (tertiary/aromatic N) is 1. The Balaban J connectivity index is 1.80. The minimum Gasteiger partial charge on any atom is -0.492 e. The van der Waals surface area contributed by atoms with E-state index in [9.17, 15) is 4.79 Å². The fourth-order valence-electron chi connectivity index (χ4n) is 2.53. The summed E-state index contributed by atoms with van der Waals surface area (Å²) < 4.78 is 5.69. The summed E-state index contributed by atoms with van der Waals surface area (Å²) in [6.45, 7) is 4.31. The summed E-state index contributed by atoms with van der Waals surface area (Å²) in [5, 5.41) is 0.700. The number of primary amides is 1. The van der Waals surface area contributed by atoms with Crippen molar-refractivity contribution in [3.05, 3.63) is 29.3 Å². The maximum atomic E-state index is 11.3. The molecule has 1 amide bonds. The van der Waals surface area contributed by atoms with Crippen LogP contribution in [0.2, 0.25) is 5.02 Å². The molecule has 110 valence electrons. The first kappa shape index (κ1) is 15.1. The van der Waals surface area contributed by atoms with Crippen molar-refractivity contribution in [3.63, 3.8) is 0 Å². The number of ether oxygens (including phenoxy) is 1. The van der Waals surface area contributed by atoms with Crippen molar-refractivity contribution < 1.29 is 9.53 Å². The van der Waals surface area contributed by atoms with Crippen molar-refractivity contribution in [3.8, 4) is 5.75 Å². The lowest BCUT2D eigenvalue weighted by atomic mass is 9.93. The molecule has 20 heavy (non-hydrogen) atoms. The average Bonchev–Trinajstić information content (AvgIpc) is 2.43. The van der Waals surface area contributed by atoms with Gasteiger partial charge in [-0.3, -0.25) is 9.69 Å². The van der Waals surface area contributed by atoms with Gasteiger partial charge in [-0.25, -0.2) is 0 Å². The molecule has 2 rings (SSSR count). The van der Waals surface area contributed by atoms with E-state index in [2.05, 4.69) is 11.8 Å². The number of hydrogen-bond donors (Lipinski definition) is 1. The van der Waals surface area contributed by atoms with Gasteiger partial charge in [0.25, 0.3) is 0 Å². The van der Waals surface area contributed by atoms with Gasteiger partial charge in [0, 0.05) is 24.2 Å². The highest BCUT2D eigenvalue weighted by Gasteiger charge is 2.28. The maximum Gasteiger partial charge on any atom is 0.221 e. The van der Waals surface area contributed by atoms with E-state index < -0.39 is 0 Å². The summed E-state index contributed by atoms with van der Waals surface area (Å²) in [6.07, 6.45) is 1.90. The minimum atomic E-state index is -0.194. The Hall–Kier alpha value is -1.26. The minimum absolute atomic E-state index is 0.0262. The Kier molecular flexibility index (Phi) is 5.26. The molecule has 1 heterocycles. The lowest BCUT2D eigenvalue weighted by Gasteiger charge is -2.36. The average molecular weight is 297 g/mol. The van der Waals surface area contributed by atoms with Gasteiger partial charge >= 0.3 is 0 Å². The molecule has 0 spiro atoms. The first-order valence-electron chi connectivity index (χ1n) is 6.98. The zero-order chi connectivity index (χ0) is 14.5. The van der Waals surface area contributed by atoms with Crippen molar-refractivity contribution in [2.75, 3.05) is 19.7 Å². The van der Waals surface area contributed by atoms with Gasteiger partial charge in [-0.05, 0) is 44.0 Å². The number of amides is 1. The van der Waals surface area contributed by atoms with Crippen LogP contribution in [0.25, 0.3) is 0 Å². The van der Waals surface area contributed by atoms with Crippen molar-refractivity contribution in [2.45, 2.75) is 25.8 Å². The van der Waals surface area contributed by atoms with E-state index in [1.54, 1.807) is 0 Å². The highest BCUT2D eigenvalue weighted by Crippen LogP contribution is 2.21. The van der Waals surface area contributed by atoms with E-state index >= 15 is 0 Å². The molecule has 2 N–H and O–H groups in total. The van der Waals surface area contributed by atoms with E-state index in [4.69, 9.17) is 22.1 Å². The topological polar surface area (TPSA) is 55.6 Å². The van der Waals surface area contributed by atoms with Crippen LogP contribution in [0.15, 0.2) is 24.3 Å². The molecule has 0 bridgehead atoms. The molecule has 1 aliphatic rings. The van der Waals surface area contributed by atoms with Crippen molar-refractivity contribution in [1.82, 2.24) is 4.90 Å². The van der Waals surface area contributed by atoms with Crippen LogP contribution in [0.3, 0.4) is 0 Å². The normalized spacial score (nSPS) is 23.5. The lowest BCUT2D eigenvalue weighted by molar-refractivity contribution is -0.124. The highest BCUT2D eigenvalue weighted by atomic mass is 35.5. The monoisotopic (exact) mass is 296 g/mol. The number of hydrogen-bond acceptors (Lipinski definition) is 3. The summed E-state index contributed by atoms with van der Waals surface area (Å²) in [7, 11) is 0. The quantitative estimate of drug-likeness (QED) is 0.907. The second kappa shape index (κ2) is 6.95. The van der Waals surface area contributed by atoms with Gasteiger partial charge in [0.2, 0.25) is 5.91 Å². The molecule has 0 radical (unpaired) electrons. The molecule has 4 nitrogen and oxygen atoms in total. The van der Waals surface area contributed by atoms with Crippen LogP contribution >= 0.6 is 11.6 Å². The number of likely N-dealkylation sites (tertiary alicyclic amines) is 1. The molecule has 1 fully saturated rings.